The molecule has 0 aromatic carbocycles. The van der Waals surface area contributed by atoms with E-state index in [1.165, 1.54) is 0 Å². The Morgan fingerprint density at radius 1 is 1.33 bits per heavy atom. The molecule has 1 N–H and O–H groups in total. The Hall–Kier alpha value is -0.150. The van der Waals surface area contributed by atoms with Gasteiger partial charge >= 0.3 is 0 Å². The van der Waals surface area contributed by atoms with Crippen molar-refractivity contribution in [1.29, 1.82) is 0 Å². The van der Waals surface area contributed by atoms with Crippen molar-refractivity contribution in [1.82, 2.24) is 0 Å². The van der Waals surface area contributed by atoms with Crippen molar-refractivity contribution in [2.24, 2.45) is 0 Å². The third-order valence-electron chi connectivity index (χ3n) is 1.56. The predicted octanol–water partition coefficient (Wildman–Crippen LogP) is 1.91. The molecule has 1 unspecified atom stereocenters. The van der Waals surface area contributed by atoms with E-state index in [1.54, 1.807) is 0 Å². The monoisotopic (exact) mass is 178 g/mol. The summed E-state index contributed by atoms with van der Waals surface area (Å²) in [6, 6.07) is 0. The molecule has 3 heteroatoms. The molecule has 2 nitrogen and oxygen atoms in total. The lowest BCUT2D eigenvalue weighted by molar-refractivity contribution is 0.0734. The number of unbranched alkanes of at least 4 members (excludes halogenated alkanes) is 1. The van der Waals surface area contributed by atoms with Crippen LogP contribution in [0.4, 0.5) is 4.39 Å². The maximum Gasteiger partial charge on any atom is 0.123 e. The van der Waals surface area contributed by atoms with E-state index >= 15 is 0 Å². The lowest BCUT2D eigenvalue weighted by Crippen LogP contribution is -2.07. The minimum absolute atomic E-state index is 0.254. The minimum atomic E-state index is -1.05. The second-order valence-electron chi connectivity index (χ2n) is 3.20. The lowest BCUT2D eigenvalue weighted by atomic mass is 10.2. The van der Waals surface area contributed by atoms with E-state index in [2.05, 4.69) is 0 Å². The van der Waals surface area contributed by atoms with Gasteiger partial charge in [-0.05, 0) is 33.1 Å². The highest BCUT2D eigenvalue weighted by molar-refractivity contribution is 4.53. The fraction of sp³-hybridized carbons (Fsp3) is 1.00. The van der Waals surface area contributed by atoms with Crippen LogP contribution in [-0.2, 0) is 4.74 Å². The summed E-state index contributed by atoms with van der Waals surface area (Å²) in [5.74, 6) is 0. The summed E-state index contributed by atoms with van der Waals surface area (Å²) in [6.07, 6.45) is 1.30. The van der Waals surface area contributed by atoms with Crippen LogP contribution < -0.4 is 0 Å². The number of aliphatic hydroxyl groups is 1. The van der Waals surface area contributed by atoms with Gasteiger partial charge < -0.3 is 9.84 Å². The summed E-state index contributed by atoms with van der Waals surface area (Å²) in [7, 11) is 0. The third kappa shape index (κ3) is 7.95. The Kier molecular flexibility index (Phi) is 7.40. The number of rotatable bonds is 7. The van der Waals surface area contributed by atoms with E-state index in [4.69, 9.17) is 9.84 Å². The number of hydrogen-bond acceptors (Lipinski definition) is 2. The van der Waals surface area contributed by atoms with Crippen LogP contribution in [0.1, 0.15) is 33.1 Å². The zero-order chi connectivity index (χ0) is 9.40. The molecule has 0 radical (unpaired) electrons. The molecule has 0 aliphatic carbocycles. The lowest BCUT2D eigenvalue weighted by Gasteiger charge is -2.07. The third-order valence-corrected chi connectivity index (χ3v) is 1.56. The molecule has 0 saturated carbocycles. The first-order valence-corrected chi connectivity index (χ1v) is 4.53. The first-order chi connectivity index (χ1) is 5.66. The van der Waals surface area contributed by atoms with Gasteiger partial charge in [0.1, 0.15) is 6.17 Å². The Morgan fingerprint density at radius 3 is 2.50 bits per heavy atom. The van der Waals surface area contributed by atoms with Crippen LogP contribution in [-0.4, -0.2) is 30.6 Å². The van der Waals surface area contributed by atoms with Crippen LogP contribution in [0, 0.1) is 0 Å². The molecule has 0 aliphatic heterocycles. The van der Waals surface area contributed by atoms with Crippen molar-refractivity contribution in [2.45, 2.75) is 45.4 Å². The van der Waals surface area contributed by atoms with Crippen molar-refractivity contribution in [2.75, 3.05) is 13.2 Å². The van der Waals surface area contributed by atoms with Gasteiger partial charge in [-0.25, -0.2) is 4.39 Å². The van der Waals surface area contributed by atoms with Crippen LogP contribution in [0.25, 0.3) is 0 Å². The summed E-state index contributed by atoms with van der Waals surface area (Å²) in [5.41, 5.74) is 0. The maximum atomic E-state index is 12.4. The molecule has 0 fully saturated rings. The van der Waals surface area contributed by atoms with Crippen molar-refractivity contribution in [3.8, 4) is 0 Å². The molecule has 12 heavy (non-hydrogen) atoms. The fourth-order valence-corrected chi connectivity index (χ4v) is 0.878. The maximum absolute atomic E-state index is 12.4. The Morgan fingerprint density at radius 2 is 2.00 bits per heavy atom. The van der Waals surface area contributed by atoms with Gasteiger partial charge in [0.15, 0.2) is 0 Å². The van der Waals surface area contributed by atoms with E-state index in [0.717, 1.165) is 12.8 Å². The largest absolute Gasteiger partial charge is 0.393 e. The molecule has 0 spiro atoms. The SMILES string of the molecule is CC(C)OCCCCC(F)CO. The molecule has 0 bridgehead atoms. The summed E-state index contributed by atoms with van der Waals surface area (Å²) in [6.45, 7) is 4.29. The summed E-state index contributed by atoms with van der Waals surface area (Å²) >= 11 is 0. The molecule has 74 valence electrons. The van der Waals surface area contributed by atoms with Crippen LogP contribution in [0.15, 0.2) is 0 Å². The van der Waals surface area contributed by atoms with E-state index in [-0.39, 0.29) is 12.7 Å². The van der Waals surface area contributed by atoms with Crippen molar-refractivity contribution in [3.05, 3.63) is 0 Å². The number of halogens is 1. The highest BCUT2D eigenvalue weighted by atomic mass is 19.1. The molecule has 0 aliphatic rings. The van der Waals surface area contributed by atoms with Gasteiger partial charge in [0.05, 0.1) is 12.7 Å². The van der Waals surface area contributed by atoms with Gasteiger partial charge in [-0.1, -0.05) is 0 Å². The molecule has 0 aromatic rings. The van der Waals surface area contributed by atoms with Crippen molar-refractivity contribution in [3.63, 3.8) is 0 Å². The summed E-state index contributed by atoms with van der Waals surface area (Å²) < 4.78 is 17.7. The summed E-state index contributed by atoms with van der Waals surface area (Å²) in [5, 5.41) is 8.37. The Bertz CT molecular complexity index is 96.5. The Labute approximate surface area is 73.7 Å². The van der Waals surface area contributed by atoms with Gasteiger partial charge in [-0.15, -0.1) is 0 Å². The highest BCUT2D eigenvalue weighted by Crippen LogP contribution is 2.04. The average molecular weight is 178 g/mol. The van der Waals surface area contributed by atoms with Gasteiger partial charge in [0, 0.05) is 6.61 Å². The summed E-state index contributed by atoms with van der Waals surface area (Å²) in [4.78, 5) is 0. The van der Waals surface area contributed by atoms with E-state index in [9.17, 15) is 4.39 Å². The Balaban J connectivity index is 3.00. The zero-order valence-electron chi connectivity index (χ0n) is 7.92. The molecule has 0 heterocycles. The fourth-order valence-electron chi connectivity index (χ4n) is 0.878. The first-order valence-electron chi connectivity index (χ1n) is 4.53. The minimum Gasteiger partial charge on any atom is -0.393 e. The van der Waals surface area contributed by atoms with Crippen LogP contribution in [0.5, 0.6) is 0 Å². The van der Waals surface area contributed by atoms with Crippen LogP contribution >= 0.6 is 0 Å². The average Bonchev–Trinajstić information content (AvgIpc) is 2.03. The molecule has 0 amide bonds. The predicted molar refractivity (Wildman–Crippen MR) is 46.9 cm³/mol. The topological polar surface area (TPSA) is 29.5 Å². The first kappa shape index (κ1) is 11.8. The molecular weight excluding hydrogens is 159 g/mol. The second kappa shape index (κ2) is 7.50. The van der Waals surface area contributed by atoms with Gasteiger partial charge in [0.2, 0.25) is 0 Å². The number of alkyl halides is 1. The van der Waals surface area contributed by atoms with E-state index < -0.39 is 6.17 Å². The molecule has 0 saturated heterocycles. The zero-order valence-corrected chi connectivity index (χ0v) is 7.92. The number of hydrogen-bond donors (Lipinski definition) is 1. The number of ether oxygens (including phenoxy) is 1. The standard InChI is InChI=1S/C9H19FO2/c1-8(2)12-6-4-3-5-9(10)7-11/h8-9,11H,3-7H2,1-2H3. The van der Waals surface area contributed by atoms with Gasteiger partial charge in [-0.3, -0.25) is 0 Å². The van der Waals surface area contributed by atoms with Gasteiger partial charge in [-0.2, -0.15) is 0 Å². The smallest absolute Gasteiger partial charge is 0.123 e. The number of aliphatic hydroxyl groups excluding tert-OH is 1. The normalized spacial score (nSPS) is 13.8. The van der Waals surface area contributed by atoms with E-state index in [1.807, 2.05) is 13.8 Å². The van der Waals surface area contributed by atoms with Crippen LogP contribution in [0.3, 0.4) is 0 Å². The quantitative estimate of drug-likeness (QED) is 0.603. The van der Waals surface area contributed by atoms with Crippen molar-refractivity contribution < 1.29 is 14.2 Å². The van der Waals surface area contributed by atoms with Gasteiger partial charge in [0.25, 0.3) is 0 Å². The van der Waals surface area contributed by atoms with E-state index in [0.29, 0.717) is 13.0 Å². The molecule has 1 atom stereocenters. The molecule has 0 rings (SSSR count). The molecular formula is C9H19FO2. The van der Waals surface area contributed by atoms with Crippen molar-refractivity contribution >= 4 is 0 Å². The molecule has 0 aromatic heterocycles. The van der Waals surface area contributed by atoms with Crippen LogP contribution in [0.2, 0.25) is 0 Å². The highest BCUT2D eigenvalue weighted by Gasteiger charge is 2.03. The second-order valence-corrected chi connectivity index (χ2v) is 3.20.